The smallest absolute Gasteiger partial charge is 0.338 e. The Morgan fingerprint density at radius 1 is 0.882 bits per heavy atom. The number of benzene rings is 3. The first kappa shape index (κ1) is 37.7. The van der Waals surface area contributed by atoms with Crippen molar-refractivity contribution in [2.45, 2.75) is 37.5 Å². The molecule has 4 aromatic rings. The van der Waals surface area contributed by atoms with Crippen LogP contribution in [0.2, 0.25) is 10.0 Å². The highest BCUT2D eigenvalue weighted by molar-refractivity contribution is 6.35. The zero-order valence-electron chi connectivity index (χ0n) is 28.6. The molecule has 0 amide bonds. The number of anilines is 1. The maximum Gasteiger partial charge on any atom is 0.338 e. The second-order valence-corrected chi connectivity index (χ2v) is 13.2. The summed E-state index contributed by atoms with van der Waals surface area (Å²) in [6.07, 6.45) is 4.59. The Bertz CT molecular complexity index is 1800. The fourth-order valence-electron chi connectivity index (χ4n) is 6.56. The lowest BCUT2D eigenvalue weighted by Gasteiger charge is -2.44. The van der Waals surface area contributed by atoms with Gasteiger partial charge in [0.05, 0.1) is 26.9 Å². The Hall–Kier alpha value is -4.55. The summed E-state index contributed by atoms with van der Waals surface area (Å²) in [4.78, 5) is 32.6. The van der Waals surface area contributed by atoms with Crippen LogP contribution >= 0.6 is 23.2 Å². The first-order valence-corrected chi connectivity index (χ1v) is 17.2. The van der Waals surface area contributed by atoms with E-state index in [1.807, 2.05) is 24.3 Å². The molecule has 270 valence electrons. The van der Waals surface area contributed by atoms with Gasteiger partial charge in [0.15, 0.2) is 29.9 Å². The molecule has 3 saturated heterocycles. The topological polar surface area (TPSA) is 140 Å². The molecule has 3 aliphatic rings. The van der Waals surface area contributed by atoms with Crippen molar-refractivity contribution in [2.24, 2.45) is 5.92 Å². The number of aromatic amines is 1. The van der Waals surface area contributed by atoms with E-state index in [4.69, 9.17) is 46.9 Å². The van der Waals surface area contributed by atoms with E-state index in [9.17, 15) is 9.59 Å². The Morgan fingerprint density at radius 2 is 1.59 bits per heavy atom. The summed E-state index contributed by atoms with van der Waals surface area (Å²) in [6, 6.07) is 18.6. The van der Waals surface area contributed by atoms with Gasteiger partial charge in [-0.3, -0.25) is 4.90 Å². The molecule has 2 bridgehead atoms. The number of nitrogens with zero attached hydrogens (tertiary/aromatic N) is 1. The lowest BCUT2D eigenvalue weighted by molar-refractivity contribution is -0.377. The molecule has 3 fully saturated rings. The van der Waals surface area contributed by atoms with E-state index in [-0.39, 0.29) is 24.0 Å². The molecule has 3 atom stereocenters. The predicted octanol–water partition coefficient (Wildman–Crippen LogP) is 6.59. The van der Waals surface area contributed by atoms with Crippen LogP contribution in [-0.2, 0) is 20.7 Å². The summed E-state index contributed by atoms with van der Waals surface area (Å²) >= 11 is 13.0. The molecule has 51 heavy (non-hydrogen) atoms. The highest BCUT2D eigenvalue weighted by atomic mass is 35.5. The van der Waals surface area contributed by atoms with Gasteiger partial charge in [0.25, 0.3) is 0 Å². The molecule has 1 aromatic heterocycles. The monoisotopic (exact) mass is 737 g/mol. The second-order valence-electron chi connectivity index (χ2n) is 12.4. The number of rotatable bonds is 13. The van der Waals surface area contributed by atoms with E-state index in [1.165, 1.54) is 7.11 Å². The average Bonchev–Trinajstić information content (AvgIpc) is 3.15. The van der Waals surface area contributed by atoms with E-state index in [0.717, 1.165) is 32.5 Å². The molecule has 3 aliphatic heterocycles. The summed E-state index contributed by atoms with van der Waals surface area (Å²) in [5, 5.41) is 4.15. The number of pyridine rings is 1. The summed E-state index contributed by atoms with van der Waals surface area (Å²) in [5.74, 6) is 1.09. The second kappa shape index (κ2) is 17.1. The van der Waals surface area contributed by atoms with Crippen LogP contribution in [0.25, 0.3) is 0 Å². The highest BCUT2D eigenvalue weighted by Crippen LogP contribution is 2.36. The molecule has 2 unspecified atom stereocenters. The zero-order chi connectivity index (χ0) is 35.2. The molecule has 3 N–H and O–H groups in total. The standard InChI is InChI=1S/C38H39Cl2N3O7.H2O/c1-46-28-6-4-5-26(17-28)36(38(45)50-35-22-43-15-13-23(35)14-16-43)42-27-10-7-24(8-11-27)37(44)49-33(19-29-30(39)20-41-21-31(29)40)25-9-12-32(47-2)34(18-25)48-3;/h4-12,17-18,20-21,23,33,35-36,42H,13-16,19,22H2,1-3H3;1H2/t33?,35-,36?;/m0./s1. The van der Waals surface area contributed by atoms with Gasteiger partial charge in [-0.05, 0) is 91.5 Å². The van der Waals surface area contributed by atoms with E-state index in [2.05, 4.69) is 15.2 Å². The van der Waals surface area contributed by atoms with Crippen molar-refractivity contribution in [1.82, 2.24) is 4.90 Å². The maximum absolute atomic E-state index is 13.8. The molecular weight excluding hydrogens is 697 g/mol. The van der Waals surface area contributed by atoms with E-state index >= 15 is 0 Å². The molecule has 3 aromatic carbocycles. The number of esters is 2. The summed E-state index contributed by atoms with van der Waals surface area (Å²) < 4.78 is 28.6. The van der Waals surface area contributed by atoms with Crippen molar-refractivity contribution in [1.29, 1.82) is 0 Å². The van der Waals surface area contributed by atoms with Gasteiger partial charge in [0.1, 0.15) is 28.0 Å². The number of piperidine rings is 3. The van der Waals surface area contributed by atoms with Crippen molar-refractivity contribution in [3.05, 3.63) is 111 Å². The van der Waals surface area contributed by atoms with Gasteiger partial charge in [-0.15, -0.1) is 0 Å². The molecule has 0 saturated carbocycles. The third-order valence-electron chi connectivity index (χ3n) is 9.37. The minimum atomic E-state index is -0.801. The van der Waals surface area contributed by atoms with Crippen LogP contribution in [0.4, 0.5) is 5.69 Å². The quantitative estimate of drug-likeness (QED) is 0.150. The number of ether oxygens (including phenoxy) is 5. The van der Waals surface area contributed by atoms with Crippen LogP contribution < -0.4 is 24.5 Å². The molecule has 0 spiro atoms. The van der Waals surface area contributed by atoms with Crippen LogP contribution in [-0.4, -0.2) is 69.4 Å². The van der Waals surface area contributed by atoms with Crippen molar-refractivity contribution in [3.8, 4) is 17.2 Å². The minimum Gasteiger partial charge on any atom is -0.870 e. The number of halogens is 2. The normalized spacial score (nSPS) is 18.8. The highest BCUT2D eigenvalue weighted by Gasteiger charge is 2.38. The number of carbonyl (C=O) groups is 2. The fourth-order valence-corrected chi connectivity index (χ4v) is 7.10. The molecule has 7 rings (SSSR count). The van der Waals surface area contributed by atoms with Crippen molar-refractivity contribution in [3.63, 3.8) is 0 Å². The van der Waals surface area contributed by atoms with Gasteiger partial charge in [0, 0.05) is 24.2 Å². The Balaban J connectivity index is 0.00000504. The van der Waals surface area contributed by atoms with Gasteiger partial charge >= 0.3 is 11.9 Å². The Labute approximate surface area is 307 Å². The molecule has 13 heteroatoms. The molecule has 0 radical (unpaired) electrons. The lowest BCUT2D eigenvalue weighted by Crippen LogP contribution is -2.52. The maximum atomic E-state index is 13.8. The number of carbonyl (C=O) groups excluding carboxylic acids is 2. The van der Waals surface area contributed by atoms with Crippen molar-refractivity contribution in [2.75, 3.05) is 46.3 Å². The Morgan fingerprint density at radius 3 is 2.22 bits per heavy atom. The van der Waals surface area contributed by atoms with Crippen molar-refractivity contribution >= 4 is 40.8 Å². The summed E-state index contributed by atoms with van der Waals surface area (Å²) in [6.45, 7) is 2.85. The molecular formula is C38H41Cl2N3O8. The largest absolute Gasteiger partial charge is 0.870 e. The van der Waals surface area contributed by atoms with Gasteiger partial charge in [0.2, 0.25) is 0 Å². The molecule has 11 nitrogen and oxygen atoms in total. The fraction of sp³-hybridized carbons (Fsp3) is 0.342. The molecule has 4 heterocycles. The SMILES string of the molecule is COc1cccc(C(Nc2ccc(C(=O)OC(Cc3c(Cl)c[nH+]cc3Cl)c3ccc(OC)c(OC)c3)cc2)C(=O)O[C@H]2CN3CCC2CC3)c1.[OH-]. The molecule has 0 aliphatic carbocycles. The summed E-state index contributed by atoms with van der Waals surface area (Å²) in [7, 11) is 4.67. The van der Waals surface area contributed by atoms with Crippen LogP contribution in [0.15, 0.2) is 79.1 Å². The Kier molecular flexibility index (Phi) is 12.6. The lowest BCUT2D eigenvalue weighted by atomic mass is 9.86. The zero-order valence-corrected chi connectivity index (χ0v) is 30.1. The third-order valence-corrected chi connectivity index (χ3v) is 10.0. The van der Waals surface area contributed by atoms with Gasteiger partial charge in [-0.1, -0.05) is 41.4 Å². The summed E-state index contributed by atoms with van der Waals surface area (Å²) in [5.41, 5.74) is 2.92. The first-order valence-electron chi connectivity index (χ1n) is 16.5. The van der Waals surface area contributed by atoms with Crippen molar-refractivity contribution < 1.29 is 43.7 Å². The van der Waals surface area contributed by atoms with E-state index in [0.29, 0.717) is 61.2 Å². The first-order chi connectivity index (χ1) is 24.3. The van der Waals surface area contributed by atoms with E-state index < -0.39 is 18.1 Å². The number of methoxy groups -OCH3 is 3. The number of hydrogen-bond acceptors (Lipinski definition) is 10. The third kappa shape index (κ3) is 8.85. The van der Waals surface area contributed by atoms with Crippen LogP contribution in [0.5, 0.6) is 17.2 Å². The van der Waals surface area contributed by atoms with Gasteiger partial charge in [-0.25, -0.2) is 14.6 Å². The number of fused-ring (bicyclic) bond motifs is 3. The number of hydrogen-bond donors (Lipinski definition) is 1. The number of H-pyrrole nitrogens is 1. The predicted molar refractivity (Wildman–Crippen MR) is 191 cm³/mol. The van der Waals surface area contributed by atoms with Crippen LogP contribution in [0, 0.1) is 5.92 Å². The number of nitrogens with one attached hydrogen (secondary N) is 2. The van der Waals surface area contributed by atoms with Gasteiger partial charge < -0.3 is 34.5 Å². The minimum absolute atomic E-state index is 0. The van der Waals surface area contributed by atoms with Crippen LogP contribution in [0.3, 0.4) is 0 Å². The average molecular weight is 739 g/mol. The number of aromatic nitrogens is 1. The van der Waals surface area contributed by atoms with Crippen LogP contribution in [0.1, 0.15) is 52.0 Å². The van der Waals surface area contributed by atoms with Gasteiger partial charge in [-0.2, -0.15) is 0 Å². The van der Waals surface area contributed by atoms with E-state index in [1.54, 1.807) is 69.1 Å².